The fourth-order valence-electron chi connectivity index (χ4n) is 4.45. The Kier molecular flexibility index (Phi) is 4.32. The molecule has 1 saturated carbocycles. The number of carbonyl (C=O) groups excluding carboxylic acids is 1. The van der Waals surface area contributed by atoms with E-state index in [0.29, 0.717) is 23.9 Å². The molecule has 4 unspecified atom stereocenters. The zero-order chi connectivity index (χ0) is 14.1. The summed E-state index contributed by atoms with van der Waals surface area (Å²) in [5.74, 6) is 1.09. The van der Waals surface area contributed by atoms with Gasteiger partial charge in [-0.3, -0.25) is 9.69 Å². The molecule has 114 valence electrons. The van der Waals surface area contributed by atoms with Gasteiger partial charge in [0.25, 0.3) is 0 Å². The molecule has 2 heterocycles. The minimum absolute atomic E-state index is 0.225. The molecule has 3 aliphatic rings. The summed E-state index contributed by atoms with van der Waals surface area (Å²) in [7, 11) is 0. The van der Waals surface area contributed by atoms with Crippen LogP contribution in [-0.4, -0.2) is 54.0 Å². The van der Waals surface area contributed by atoms with Crippen molar-refractivity contribution in [2.24, 2.45) is 17.6 Å². The molecule has 4 atom stereocenters. The van der Waals surface area contributed by atoms with Gasteiger partial charge >= 0.3 is 0 Å². The van der Waals surface area contributed by atoms with Crippen molar-refractivity contribution >= 4 is 5.91 Å². The first kappa shape index (κ1) is 14.3. The van der Waals surface area contributed by atoms with Crippen LogP contribution in [0.3, 0.4) is 0 Å². The van der Waals surface area contributed by atoms with Gasteiger partial charge in [-0.1, -0.05) is 6.92 Å². The maximum atomic E-state index is 12.9. The van der Waals surface area contributed by atoms with Gasteiger partial charge in [-0.2, -0.15) is 0 Å². The van der Waals surface area contributed by atoms with Crippen molar-refractivity contribution in [2.45, 2.75) is 57.5 Å². The highest BCUT2D eigenvalue weighted by atomic mass is 16.2. The zero-order valence-electron chi connectivity index (χ0n) is 12.8. The van der Waals surface area contributed by atoms with Crippen molar-refractivity contribution in [2.75, 3.05) is 26.2 Å². The molecule has 0 aromatic heterocycles. The monoisotopic (exact) mass is 279 g/mol. The van der Waals surface area contributed by atoms with Gasteiger partial charge in [0.15, 0.2) is 0 Å². The Morgan fingerprint density at radius 2 is 1.90 bits per heavy atom. The first-order valence-corrected chi connectivity index (χ1v) is 8.43. The van der Waals surface area contributed by atoms with E-state index >= 15 is 0 Å². The van der Waals surface area contributed by atoms with Crippen LogP contribution in [0.2, 0.25) is 0 Å². The van der Waals surface area contributed by atoms with E-state index < -0.39 is 0 Å². The number of amides is 1. The Labute approximate surface area is 122 Å². The normalized spacial score (nSPS) is 39.4. The largest absolute Gasteiger partial charge is 0.341 e. The average Bonchev–Trinajstić information content (AvgIpc) is 2.75. The maximum Gasteiger partial charge on any atom is 0.226 e. The Morgan fingerprint density at radius 3 is 2.70 bits per heavy atom. The van der Waals surface area contributed by atoms with Crippen molar-refractivity contribution in [1.82, 2.24) is 9.80 Å². The van der Waals surface area contributed by atoms with E-state index in [9.17, 15) is 4.79 Å². The molecule has 4 heteroatoms. The van der Waals surface area contributed by atoms with Crippen LogP contribution in [0.1, 0.15) is 45.4 Å². The van der Waals surface area contributed by atoms with Gasteiger partial charge in [0.05, 0.1) is 0 Å². The van der Waals surface area contributed by atoms with E-state index in [1.165, 1.54) is 25.9 Å². The highest BCUT2D eigenvalue weighted by Crippen LogP contribution is 2.31. The SMILES string of the molecule is CC1CC(N)CCC1C(=O)N1CCCN2CCCC2C1. The van der Waals surface area contributed by atoms with Crippen LogP contribution in [0, 0.1) is 11.8 Å². The summed E-state index contributed by atoms with van der Waals surface area (Å²) in [6.07, 6.45) is 6.75. The lowest BCUT2D eigenvalue weighted by Gasteiger charge is -2.35. The minimum atomic E-state index is 0.225. The molecule has 2 aliphatic heterocycles. The van der Waals surface area contributed by atoms with Crippen molar-refractivity contribution < 1.29 is 4.79 Å². The van der Waals surface area contributed by atoms with Crippen LogP contribution in [0.5, 0.6) is 0 Å². The summed E-state index contributed by atoms with van der Waals surface area (Å²) in [4.78, 5) is 17.6. The van der Waals surface area contributed by atoms with Crippen LogP contribution < -0.4 is 5.73 Å². The number of nitrogens with two attached hydrogens (primary N) is 1. The van der Waals surface area contributed by atoms with E-state index in [1.807, 2.05) is 0 Å². The van der Waals surface area contributed by atoms with Crippen LogP contribution >= 0.6 is 0 Å². The molecule has 0 bridgehead atoms. The molecule has 0 radical (unpaired) electrons. The third kappa shape index (κ3) is 2.86. The van der Waals surface area contributed by atoms with Gasteiger partial charge in [-0.15, -0.1) is 0 Å². The molecule has 0 aromatic carbocycles. The predicted octanol–water partition coefficient (Wildman–Crippen LogP) is 1.45. The second kappa shape index (κ2) is 6.02. The number of fused-ring (bicyclic) bond motifs is 1. The van der Waals surface area contributed by atoms with Gasteiger partial charge in [0.2, 0.25) is 5.91 Å². The molecule has 0 spiro atoms. The van der Waals surface area contributed by atoms with Crippen molar-refractivity contribution in [3.05, 3.63) is 0 Å². The minimum Gasteiger partial charge on any atom is -0.341 e. The molecule has 3 fully saturated rings. The Bertz CT molecular complexity index is 360. The Balaban J connectivity index is 1.64. The molecule has 2 saturated heterocycles. The summed E-state index contributed by atoms with van der Waals surface area (Å²) >= 11 is 0. The maximum absolute atomic E-state index is 12.9. The first-order valence-electron chi connectivity index (χ1n) is 8.43. The van der Waals surface area contributed by atoms with Crippen molar-refractivity contribution in [1.29, 1.82) is 0 Å². The van der Waals surface area contributed by atoms with E-state index in [0.717, 1.165) is 38.8 Å². The predicted molar refractivity (Wildman–Crippen MR) is 80.3 cm³/mol. The number of carbonyl (C=O) groups is 1. The van der Waals surface area contributed by atoms with E-state index in [1.54, 1.807) is 0 Å². The summed E-state index contributed by atoms with van der Waals surface area (Å²) in [5.41, 5.74) is 6.03. The van der Waals surface area contributed by atoms with E-state index in [4.69, 9.17) is 5.73 Å². The number of hydrogen-bond donors (Lipinski definition) is 1. The Morgan fingerprint density at radius 1 is 1.10 bits per heavy atom. The average molecular weight is 279 g/mol. The molecular weight excluding hydrogens is 250 g/mol. The van der Waals surface area contributed by atoms with Crippen LogP contribution in [0.15, 0.2) is 0 Å². The van der Waals surface area contributed by atoms with Gasteiger partial charge in [0.1, 0.15) is 0 Å². The highest BCUT2D eigenvalue weighted by Gasteiger charge is 2.36. The van der Waals surface area contributed by atoms with Gasteiger partial charge < -0.3 is 10.6 Å². The van der Waals surface area contributed by atoms with Crippen LogP contribution in [-0.2, 0) is 4.79 Å². The lowest BCUT2D eigenvalue weighted by atomic mass is 9.77. The molecule has 4 nitrogen and oxygen atoms in total. The van der Waals surface area contributed by atoms with Crippen LogP contribution in [0.4, 0.5) is 0 Å². The third-order valence-corrected chi connectivity index (χ3v) is 5.64. The van der Waals surface area contributed by atoms with E-state index in [-0.39, 0.29) is 5.92 Å². The lowest BCUT2D eigenvalue weighted by molar-refractivity contribution is -0.138. The second-order valence-electron chi connectivity index (χ2n) is 7.13. The summed E-state index contributed by atoms with van der Waals surface area (Å²) in [6, 6.07) is 0.936. The molecule has 2 N–H and O–H groups in total. The van der Waals surface area contributed by atoms with Gasteiger partial charge in [-0.25, -0.2) is 0 Å². The number of nitrogens with zero attached hydrogens (tertiary/aromatic N) is 2. The van der Waals surface area contributed by atoms with Crippen molar-refractivity contribution in [3.8, 4) is 0 Å². The summed E-state index contributed by atoms with van der Waals surface area (Å²) in [5, 5.41) is 0. The van der Waals surface area contributed by atoms with Crippen molar-refractivity contribution in [3.63, 3.8) is 0 Å². The van der Waals surface area contributed by atoms with E-state index in [2.05, 4.69) is 16.7 Å². The fraction of sp³-hybridized carbons (Fsp3) is 0.938. The molecule has 1 aliphatic carbocycles. The zero-order valence-corrected chi connectivity index (χ0v) is 12.8. The van der Waals surface area contributed by atoms with Gasteiger partial charge in [0, 0.05) is 37.6 Å². The van der Waals surface area contributed by atoms with Gasteiger partial charge in [-0.05, 0) is 51.0 Å². The second-order valence-corrected chi connectivity index (χ2v) is 7.13. The summed E-state index contributed by atoms with van der Waals surface area (Å²) in [6.45, 7) is 6.55. The third-order valence-electron chi connectivity index (χ3n) is 5.64. The Hall–Kier alpha value is -0.610. The van der Waals surface area contributed by atoms with Crippen LogP contribution in [0.25, 0.3) is 0 Å². The lowest BCUT2D eigenvalue weighted by Crippen LogP contribution is -2.46. The number of rotatable bonds is 1. The highest BCUT2D eigenvalue weighted by molar-refractivity contribution is 5.79. The standard InChI is InChI=1S/C16H29N3O/c1-12-10-13(17)5-6-15(12)16(20)19-9-3-8-18-7-2-4-14(18)11-19/h12-15H,2-11,17H2,1H3. The first-order chi connectivity index (χ1) is 9.65. The number of hydrogen-bond acceptors (Lipinski definition) is 3. The summed E-state index contributed by atoms with van der Waals surface area (Å²) < 4.78 is 0. The molecular formula is C16H29N3O. The molecule has 1 amide bonds. The quantitative estimate of drug-likeness (QED) is 0.790. The molecule has 20 heavy (non-hydrogen) atoms. The topological polar surface area (TPSA) is 49.6 Å². The molecule has 3 rings (SSSR count). The smallest absolute Gasteiger partial charge is 0.226 e. The molecule has 0 aromatic rings. The fourth-order valence-corrected chi connectivity index (χ4v) is 4.45.